The van der Waals surface area contributed by atoms with Crippen LogP contribution in [0.1, 0.15) is 40.5 Å². The number of hydrogen-bond acceptors (Lipinski definition) is 6. The molecular weight excluding hydrogens is 477 g/mol. The molecule has 0 spiro atoms. The number of ether oxygens (including phenoxy) is 1. The second-order valence-corrected chi connectivity index (χ2v) is 10.3. The molecule has 0 radical (unpaired) electrons. The minimum Gasteiger partial charge on any atom is -0.444 e. The first-order valence-corrected chi connectivity index (χ1v) is 11.6. The number of amides is 1. The molecule has 0 aliphatic carbocycles. The zero-order valence-electron chi connectivity index (χ0n) is 19.4. The lowest BCUT2D eigenvalue weighted by atomic mass is 9.90. The van der Waals surface area contributed by atoms with Crippen molar-refractivity contribution >= 4 is 52.1 Å². The number of benzene rings is 1. The Kier molecular flexibility index (Phi) is 6.32. The molecule has 4 rings (SSSR count). The van der Waals surface area contributed by atoms with E-state index in [2.05, 4.69) is 30.3 Å². The van der Waals surface area contributed by atoms with Gasteiger partial charge in [0.1, 0.15) is 5.60 Å². The predicted octanol–water partition coefficient (Wildman–Crippen LogP) is 5.76. The lowest BCUT2D eigenvalue weighted by molar-refractivity contribution is 0.0448. The fourth-order valence-corrected chi connectivity index (χ4v) is 4.28. The van der Waals surface area contributed by atoms with Gasteiger partial charge in [0.2, 0.25) is 0 Å². The third kappa shape index (κ3) is 4.88. The van der Waals surface area contributed by atoms with E-state index >= 15 is 0 Å². The SMILES string of the molecule is [C-]#[N+]c1nc(N2CCC(C)(NC(=O)OC(C)(C)C)CC2)nc2n[nH]c(-c3cccc(Cl)c3Cl)c12. The van der Waals surface area contributed by atoms with Crippen molar-refractivity contribution in [3.8, 4) is 11.3 Å². The number of carbonyl (C=O) groups is 1. The number of alkyl carbamates (subject to hydrolysis) is 1. The monoisotopic (exact) mass is 501 g/mol. The smallest absolute Gasteiger partial charge is 0.408 e. The normalized spacial score (nSPS) is 15.7. The zero-order chi connectivity index (χ0) is 24.7. The Morgan fingerprint density at radius 3 is 2.62 bits per heavy atom. The van der Waals surface area contributed by atoms with Crippen LogP contribution in [0.25, 0.3) is 27.1 Å². The molecule has 1 aromatic carbocycles. The van der Waals surface area contributed by atoms with Crippen molar-refractivity contribution in [2.45, 2.75) is 51.7 Å². The first kappa shape index (κ1) is 24.0. The summed E-state index contributed by atoms with van der Waals surface area (Å²) in [6.07, 6.45) is 0.913. The first-order valence-electron chi connectivity index (χ1n) is 10.8. The van der Waals surface area contributed by atoms with Gasteiger partial charge in [-0.2, -0.15) is 10.1 Å². The Morgan fingerprint density at radius 2 is 1.97 bits per heavy atom. The quantitative estimate of drug-likeness (QED) is 0.442. The van der Waals surface area contributed by atoms with Gasteiger partial charge in [-0.15, -0.1) is 0 Å². The van der Waals surface area contributed by atoms with Gasteiger partial charge in [0, 0.05) is 24.2 Å². The summed E-state index contributed by atoms with van der Waals surface area (Å²) >= 11 is 12.6. The van der Waals surface area contributed by atoms with Crippen LogP contribution in [0.4, 0.5) is 16.6 Å². The highest BCUT2D eigenvalue weighted by Gasteiger charge is 2.35. The number of rotatable bonds is 3. The molecule has 1 aliphatic rings. The molecule has 1 amide bonds. The van der Waals surface area contributed by atoms with E-state index in [1.54, 1.807) is 18.2 Å². The molecule has 178 valence electrons. The van der Waals surface area contributed by atoms with Crippen LogP contribution in [0, 0.1) is 6.57 Å². The highest BCUT2D eigenvalue weighted by molar-refractivity contribution is 6.43. The number of piperidine rings is 1. The Morgan fingerprint density at radius 1 is 1.26 bits per heavy atom. The molecule has 3 aromatic rings. The summed E-state index contributed by atoms with van der Waals surface area (Å²) < 4.78 is 5.40. The topological polar surface area (TPSA) is 100 Å². The van der Waals surface area contributed by atoms with Crippen LogP contribution in [0.2, 0.25) is 10.0 Å². The molecule has 34 heavy (non-hydrogen) atoms. The molecule has 0 saturated carbocycles. The van der Waals surface area contributed by atoms with Gasteiger partial charge in [-0.25, -0.2) is 4.79 Å². The number of hydrogen-bond donors (Lipinski definition) is 2. The summed E-state index contributed by atoms with van der Waals surface area (Å²) in [6, 6.07) is 5.27. The molecule has 1 fully saturated rings. The standard InChI is InChI=1S/C23H25Cl2N7O2/c1-22(2,3)34-21(33)29-23(4)9-11-32(12-10-23)20-27-18(26-5)15-17(30-31-19(15)28-20)13-7-6-8-14(24)16(13)25/h6-8H,9-12H2,1-4H3,(H,29,33)(H,27,28,30,31). The Hall–Kier alpha value is -3.09. The maximum atomic E-state index is 12.2. The van der Waals surface area contributed by atoms with E-state index in [1.807, 2.05) is 32.6 Å². The number of aromatic amines is 1. The molecule has 1 saturated heterocycles. The van der Waals surface area contributed by atoms with Gasteiger partial charge < -0.3 is 19.8 Å². The molecule has 0 unspecified atom stereocenters. The van der Waals surface area contributed by atoms with Gasteiger partial charge in [0.25, 0.3) is 5.82 Å². The number of aromatic nitrogens is 4. The zero-order valence-corrected chi connectivity index (χ0v) is 20.9. The average molecular weight is 502 g/mol. The molecule has 3 heterocycles. The Balaban J connectivity index is 1.57. The van der Waals surface area contributed by atoms with Crippen LogP contribution in [0.3, 0.4) is 0 Å². The van der Waals surface area contributed by atoms with E-state index in [-0.39, 0.29) is 5.82 Å². The number of fused-ring (bicyclic) bond motifs is 1. The van der Waals surface area contributed by atoms with E-state index in [9.17, 15) is 4.79 Å². The van der Waals surface area contributed by atoms with Gasteiger partial charge >= 0.3 is 12.0 Å². The summed E-state index contributed by atoms with van der Waals surface area (Å²) in [6.45, 7) is 16.4. The maximum Gasteiger partial charge on any atom is 0.408 e. The lowest BCUT2D eigenvalue weighted by Gasteiger charge is -2.39. The molecule has 0 bridgehead atoms. The van der Waals surface area contributed by atoms with E-state index in [0.29, 0.717) is 64.2 Å². The van der Waals surface area contributed by atoms with Crippen LogP contribution in [-0.2, 0) is 4.74 Å². The van der Waals surface area contributed by atoms with Crippen molar-refractivity contribution in [1.82, 2.24) is 25.5 Å². The largest absolute Gasteiger partial charge is 0.444 e. The molecule has 2 N–H and O–H groups in total. The number of nitrogens with zero attached hydrogens (tertiary/aromatic N) is 5. The highest BCUT2D eigenvalue weighted by atomic mass is 35.5. The lowest BCUT2D eigenvalue weighted by Crippen LogP contribution is -2.54. The highest BCUT2D eigenvalue weighted by Crippen LogP contribution is 2.39. The van der Waals surface area contributed by atoms with Crippen LogP contribution >= 0.6 is 23.2 Å². The minimum absolute atomic E-state index is 0.181. The first-order chi connectivity index (χ1) is 16.0. The molecule has 9 nitrogen and oxygen atoms in total. The van der Waals surface area contributed by atoms with Crippen LogP contribution < -0.4 is 10.2 Å². The Bertz CT molecular complexity index is 1280. The fraction of sp³-hybridized carbons (Fsp3) is 0.435. The second-order valence-electron chi connectivity index (χ2n) is 9.53. The van der Waals surface area contributed by atoms with Gasteiger partial charge in [0.15, 0.2) is 5.65 Å². The van der Waals surface area contributed by atoms with Gasteiger partial charge in [-0.05, 0) is 46.6 Å². The third-order valence-electron chi connectivity index (χ3n) is 5.66. The van der Waals surface area contributed by atoms with E-state index in [1.165, 1.54) is 0 Å². The van der Waals surface area contributed by atoms with Crippen molar-refractivity contribution in [3.63, 3.8) is 0 Å². The van der Waals surface area contributed by atoms with Crippen molar-refractivity contribution < 1.29 is 9.53 Å². The average Bonchev–Trinajstić information content (AvgIpc) is 3.17. The minimum atomic E-state index is -0.557. The summed E-state index contributed by atoms with van der Waals surface area (Å²) in [5.74, 6) is 0.605. The summed E-state index contributed by atoms with van der Waals surface area (Å²) in [7, 11) is 0. The van der Waals surface area contributed by atoms with E-state index in [4.69, 9.17) is 34.5 Å². The Labute approximate surface area is 207 Å². The van der Waals surface area contributed by atoms with Gasteiger partial charge in [0.05, 0.1) is 21.1 Å². The number of halogens is 2. The van der Waals surface area contributed by atoms with E-state index in [0.717, 1.165) is 0 Å². The summed E-state index contributed by atoms with van der Waals surface area (Å²) in [4.78, 5) is 27.0. The molecule has 1 aliphatic heterocycles. The van der Waals surface area contributed by atoms with Crippen LogP contribution in [-0.4, -0.2) is 50.5 Å². The third-order valence-corrected chi connectivity index (χ3v) is 6.48. The van der Waals surface area contributed by atoms with Gasteiger partial charge in [-0.3, -0.25) is 5.10 Å². The van der Waals surface area contributed by atoms with E-state index < -0.39 is 17.2 Å². The fourth-order valence-electron chi connectivity index (χ4n) is 3.88. The van der Waals surface area contributed by atoms with Crippen molar-refractivity contribution in [2.75, 3.05) is 18.0 Å². The summed E-state index contributed by atoms with van der Waals surface area (Å²) in [5, 5.41) is 11.5. The van der Waals surface area contributed by atoms with Crippen molar-refractivity contribution in [1.29, 1.82) is 0 Å². The van der Waals surface area contributed by atoms with Crippen molar-refractivity contribution in [2.24, 2.45) is 0 Å². The number of nitrogens with one attached hydrogen (secondary N) is 2. The molecule has 2 aromatic heterocycles. The maximum absolute atomic E-state index is 12.2. The molecule has 0 atom stereocenters. The summed E-state index contributed by atoms with van der Waals surface area (Å²) in [5.41, 5.74) is 0.585. The van der Waals surface area contributed by atoms with Crippen molar-refractivity contribution in [3.05, 3.63) is 39.7 Å². The second kappa shape index (κ2) is 8.93. The number of anilines is 1. The predicted molar refractivity (Wildman–Crippen MR) is 133 cm³/mol. The van der Waals surface area contributed by atoms with Crippen LogP contribution in [0.15, 0.2) is 18.2 Å². The van der Waals surface area contributed by atoms with Gasteiger partial charge in [-0.1, -0.05) is 46.9 Å². The number of carbonyl (C=O) groups excluding carboxylic acids is 1. The molecular formula is C23H25Cl2N7O2. The van der Waals surface area contributed by atoms with Crippen LogP contribution in [0.5, 0.6) is 0 Å². The molecule has 11 heteroatoms. The number of H-pyrrole nitrogens is 1.